The van der Waals surface area contributed by atoms with Gasteiger partial charge in [-0.15, -0.1) is 24.8 Å². The molecule has 2 rings (SSSR count). The SMILES string of the molecule is CC(N)(C(=O)NCCCN1CCCC1)c1ccccc1.Cl.Cl. The molecule has 1 aliphatic heterocycles. The van der Waals surface area contributed by atoms with Crippen molar-refractivity contribution in [1.82, 2.24) is 10.2 Å². The second-order valence-electron chi connectivity index (χ2n) is 5.73. The number of rotatable bonds is 6. The molecule has 1 aliphatic rings. The van der Waals surface area contributed by atoms with Gasteiger partial charge in [0.1, 0.15) is 5.54 Å². The predicted molar refractivity (Wildman–Crippen MR) is 95.8 cm³/mol. The van der Waals surface area contributed by atoms with Crippen molar-refractivity contribution >= 4 is 30.7 Å². The van der Waals surface area contributed by atoms with Gasteiger partial charge in [-0.25, -0.2) is 0 Å². The lowest BCUT2D eigenvalue weighted by molar-refractivity contribution is -0.126. The van der Waals surface area contributed by atoms with E-state index >= 15 is 0 Å². The summed E-state index contributed by atoms with van der Waals surface area (Å²) in [5.41, 5.74) is 6.04. The molecular formula is C16H27Cl2N3O. The van der Waals surface area contributed by atoms with Gasteiger partial charge in [0.05, 0.1) is 0 Å². The number of benzene rings is 1. The van der Waals surface area contributed by atoms with Gasteiger partial charge in [0.2, 0.25) is 5.91 Å². The molecule has 4 nitrogen and oxygen atoms in total. The zero-order chi connectivity index (χ0) is 14.4. The van der Waals surface area contributed by atoms with E-state index in [0.29, 0.717) is 6.54 Å². The van der Waals surface area contributed by atoms with Crippen LogP contribution in [0.5, 0.6) is 0 Å². The van der Waals surface area contributed by atoms with E-state index in [2.05, 4.69) is 10.2 Å². The second kappa shape index (κ2) is 10.1. The van der Waals surface area contributed by atoms with E-state index in [-0.39, 0.29) is 30.7 Å². The molecule has 1 aromatic carbocycles. The van der Waals surface area contributed by atoms with Crippen molar-refractivity contribution in [1.29, 1.82) is 0 Å². The Labute approximate surface area is 145 Å². The summed E-state index contributed by atoms with van der Waals surface area (Å²) >= 11 is 0. The monoisotopic (exact) mass is 347 g/mol. The number of nitrogens with two attached hydrogens (primary N) is 1. The third-order valence-corrected chi connectivity index (χ3v) is 3.98. The molecule has 0 aliphatic carbocycles. The van der Waals surface area contributed by atoms with Gasteiger partial charge in [0, 0.05) is 6.54 Å². The molecule has 1 atom stereocenters. The Morgan fingerprint density at radius 3 is 2.41 bits per heavy atom. The van der Waals surface area contributed by atoms with Gasteiger partial charge in [-0.2, -0.15) is 0 Å². The maximum atomic E-state index is 12.2. The molecule has 0 saturated carbocycles. The third kappa shape index (κ3) is 5.76. The highest BCUT2D eigenvalue weighted by molar-refractivity contribution is 5.87. The van der Waals surface area contributed by atoms with Gasteiger partial charge in [0.25, 0.3) is 0 Å². The van der Waals surface area contributed by atoms with E-state index in [1.54, 1.807) is 6.92 Å². The highest BCUT2D eigenvalue weighted by Gasteiger charge is 2.29. The van der Waals surface area contributed by atoms with Crippen molar-refractivity contribution in [3.8, 4) is 0 Å². The van der Waals surface area contributed by atoms with Crippen LogP contribution in [0.15, 0.2) is 30.3 Å². The van der Waals surface area contributed by atoms with Crippen LogP contribution in [0.4, 0.5) is 0 Å². The Morgan fingerprint density at radius 2 is 1.82 bits per heavy atom. The molecule has 0 bridgehead atoms. The summed E-state index contributed by atoms with van der Waals surface area (Å²) in [6.45, 7) is 5.92. The molecule has 1 amide bonds. The standard InChI is InChI=1S/C16H25N3O.2ClH/c1-16(17,14-8-3-2-4-9-14)15(20)18-10-7-13-19-11-5-6-12-19;;/h2-4,8-9H,5-7,10-13,17H2,1H3,(H,18,20);2*1H. The van der Waals surface area contributed by atoms with E-state index in [1.165, 1.54) is 25.9 Å². The van der Waals surface area contributed by atoms with Gasteiger partial charge in [-0.05, 0) is 51.4 Å². The second-order valence-corrected chi connectivity index (χ2v) is 5.73. The summed E-state index contributed by atoms with van der Waals surface area (Å²) in [7, 11) is 0. The van der Waals surface area contributed by atoms with Crippen molar-refractivity contribution in [3.63, 3.8) is 0 Å². The minimum Gasteiger partial charge on any atom is -0.354 e. The average Bonchev–Trinajstić information content (AvgIpc) is 2.97. The molecule has 1 aromatic rings. The van der Waals surface area contributed by atoms with Gasteiger partial charge >= 0.3 is 0 Å². The van der Waals surface area contributed by atoms with Gasteiger partial charge in [0.15, 0.2) is 0 Å². The number of carbonyl (C=O) groups excluding carboxylic acids is 1. The van der Waals surface area contributed by atoms with E-state index in [0.717, 1.165) is 18.5 Å². The van der Waals surface area contributed by atoms with Gasteiger partial charge < -0.3 is 16.0 Å². The van der Waals surface area contributed by atoms with Gasteiger partial charge in [-0.1, -0.05) is 30.3 Å². The zero-order valence-corrected chi connectivity index (χ0v) is 14.7. The Balaban J connectivity index is 0.00000220. The molecule has 126 valence electrons. The Bertz CT molecular complexity index is 434. The van der Waals surface area contributed by atoms with Crippen molar-refractivity contribution in [2.24, 2.45) is 5.73 Å². The molecule has 0 aromatic heterocycles. The Hall–Kier alpha value is -0.810. The normalized spacial score (nSPS) is 17.0. The lowest BCUT2D eigenvalue weighted by atomic mass is 9.92. The van der Waals surface area contributed by atoms with Crippen LogP contribution in [0.2, 0.25) is 0 Å². The van der Waals surface area contributed by atoms with E-state index in [4.69, 9.17) is 5.73 Å². The van der Waals surface area contributed by atoms with E-state index < -0.39 is 5.54 Å². The number of likely N-dealkylation sites (tertiary alicyclic amines) is 1. The lowest BCUT2D eigenvalue weighted by Gasteiger charge is -2.24. The topological polar surface area (TPSA) is 58.4 Å². The fraction of sp³-hybridized carbons (Fsp3) is 0.562. The largest absolute Gasteiger partial charge is 0.354 e. The number of amides is 1. The van der Waals surface area contributed by atoms with Gasteiger partial charge in [-0.3, -0.25) is 4.79 Å². The first-order valence-corrected chi connectivity index (χ1v) is 7.46. The van der Waals surface area contributed by atoms with Crippen LogP contribution in [0.1, 0.15) is 31.7 Å². The van der Waals surface area contributed by atoms with Crippen LogP contribution in [0, 0.1) is 0 Å². The third-order valence-electron chi connectivity index (χ3n) is 3.98. The Kier molecular flexibility index (Phi) is 9.69. The zero-order valence-electron chi connectivity index (χ0n) is 13.1. The number of nitrogens with one attached hydrogen (secondary N) is 1. The minimum absolute atomic E-state index is 0. The molecule has 6 heteroatoms. The first-order chi connectivity index (χ1) is 9.60. The number of hydrogen-bond acceptors (Lipinski definition) is 3. The summed E-state index contributed by atoms with van der Waals surface area (Å²) in [4.78, 5) is 14.7. The van der Waals surface area contributed by atoms with Crippen molar-refractivity contribution < 1.29 is 4.79 Å². The number of halogens is 2. The summed E-state index contributed by atoms with van der Waals surface area (Å²) in [5.74, 6) is -0.106. The summed E-state index contributed by atoms with van der Waals surface area (Å²) < 4.78 is 0. The average molecular weight is 348 g/mol. The molecule has 1 unspecified atom stereocenters. The molecule has 1 fully saturated rings. The number of hydrogen-bond donors (Lipinski definition) is 2. The van der Waals surface area contributed by atoms with Crippen LogP contribution in [0.3, 0.4) is 0 Å². The maximum absolute atomic E-state index is 12.2. The van der Waals surface area contributed by atoms with E-state index in [9.17, 15) is 4.79 Å². The molecule has 3 N–H and O–H groups in total. The smallest absolute Gasteiger partial charge is 0.244 e. The molecule has 0 radical (unpaired) electrons. The number of carbonyl (C=O) groups is 1. The van der Waals surface area contributed by atoms with Crippen LogP contribution < -0.4 is 11.1 Å². The first kappa shape index (κ1) is 21.2. The predicted octanol–water partition coefficient (Wildman–Crippen LogP) is 2.31. The van der Waals surface area contributed by atoms with Crippen LogP contribution in [0.25, 0.3) is 0 Å². The van der Waals surface area contributed by atoms with E-state index in [1.807, 2.05) is 30.3 Å². The minimum atomic E-state index is -0.963. The Morgan fingerprint density at radius 1 is 1.23 bits per heavy atom. The fourth-order valence-electron chi connectivity index (χ4n) is 2.61. The quantitative estimate of drug-likeness (QED) is 0.776. The van der Waals surface area contributed by atoms with Crippen LogP contribution in [-0.4, -0.2) is 37.0 Å². The maximum Gasteiger partial charge on any atom is 0.244 e. The van der Waals surface area contributed by atoms with Crippen LogP contribution in [-0.2, 0) is 10.3 Å². The number of nitrogens with zero attached hydrogens (tertiary/aromatic N) is 1. The first-order valence-electron chi connectivity index (χ1n) is 7.46. The molecule has 22 heavy (non-hydrogen) atoms. The van der Waals surface area contributed by atoms with Crippen molar-refractivity contribution in [2.45, 2.75) is 31.7 Å². The summed E-state index contributed by atoms with van der Waals surface area (Å²) in [6, 6.07) is 9.52. The van der Waals surface area contributed by atoms with Crippen LogP contribution >= 0.6 is 24.8 Å². The molecule has 1 heterocycles. The highest BCUT2D eigenvalue weighted by atomic mass is 35.5. The highest BCUT2D eigenvalue weighted by Crippen LogP contribution is 2.17. The molecular weight excluding hydrogens is 321 g/mol. The molecule has 0 spiro atoms. The molecule has 1 saturated heterocycles. The van der Waals surface area contributed by atoms with Crippen molar-refractivity contribution in [3.05, 3.63) is 35.9 Å². The van der Waals surface area contributed by atoms with Crippen molar-refractivity contribution in [2.75, 3.05) is 26.2 Å². The lowest BCUT2D eigenvalue weighted by Crippen LogP contribution is -2.49. The summed E-state index contributed by atoms with van der Waals surface area (Å²) in [6.07, 6.45) is 3.60. The summed E-state index contributed by atoms with van der Waals surface area (Å²) in [5, 5.41) is 2.95. The fourth-order valence-corrected chi connectivity index (χ4v) is 2.61.